The molecule has 0 bridgehead atoms. The Balaban J connectivity index is 2.75. The van der Waals surface area contributed by atoms with Crippen molar-refractivity contribution in [1.82, 2.24) is 5.32 Å². The van der Waals surface area contributed by atoms with E-state index in [1.165, 1.54) is 17.8 Å². The van der Waals surface area contributed by atoms with E-state index in [1.54, 1.807) is 12.1 Å². The summed E-state index contributed by atoms with van der Waals surface area (Å²) in [5.74, 6) is -0.806. The summed E-state index contributed by atoms with van der Waals surface area (Å²) in [5.41, 5.74) is 6.46. The molecule has 0 unspecified atom stereocenters. The van der Waals surface area contributed by atoms with Gasteiger partial charge < -0.3 is 16.2 Å². The van der Waals surface area contributed by atoms with Gasteiger partial charge in [-0.1, -0.05) is 0 Å². The zero-order valence-corrected chi connectivity index (χ0v) is 12.8. The van der Waals surface area contributed by atoms with Crippen molar-refractivity contribution < 1.29 is 14.7 Å². The topological polar surface area (TPSA) is 92.4 Å². The monoisotopic (exact) mass is 346 g/mol. The largest absolute Gasteiger partial charge is 0.480 e. The SMILES string of the molecule is CSCC[C@H](NC(=O)c1ccc(Br)c(N)c1)C(=O)O. The number of carboxylic acid groups (broad SMARTS) is 1. The summed E-state index contributed by atoms with van der Waals surface area (Å²) in [6.45, 7) is 0. The van der Waals surface area contributed by atoms with E-state index in [9.17, 15) is 9.59 Å². The van der Waals surface area contributed by atoms with Gasteiger partial charge in [0.1, 0.15) is 6.04 Å². The lowest BCUT2D eigenvalue weighted by atomic mass is 10.1. The van der Waals surface area contributed by atoms with Crippen LogP contribution >= 0.6 is 27.7 Å². The maximum atomic E-state index is 11.9. The molecule has 19 heavy (non-hydrogen) atoms. The molecule has 104 valence electrons. The predicted molar refractivity (Wildman–Crippen MR) is 80.4 cm³/mol. The van der Waals surface area contributed by atoms with Gasteiger partial charge in [0.2, 0.25) is 0 Å². The van der Waals surface area contributed by atoms with Crippen LogP contribution < -0.4 is 11.1 Å². The molecule has 0 aliphatic heterocycles. The summed E-state index contributed by atoms with van der Waals surface area (Å²) in [6, 6.07) is 3.86. The molecule has 4 N–H and O–H groups in total. The van der Waals surface area contributed by atoms with Gasteiger partial charge in [-0.2, -0.15) is 11.8 Å². The number of nitrogen functional groups attached to an aromatic ring is 1. The third-order valence-corrected chi connectivity index (χ3v) is 3.84. The van der Waals surface area contributed by atoms with Gasteiger partial charge in [0.25, 0.3) is 5.91 Å². The fourth-order valence-corrected chi connectivity index (χ4v) is 2.14. The molecule has 0 aliphatic rings. The number of rotatable bonds is 6. The van der Waals surface area contributed by atoms with Gasteiger partial charge in [-0.3, -0.25) is 4.79 Å². The minimum Gasteiger partial charge on any atom is -0.480 e. The van der Waals surface area contributed by atoms with Gasteiger partial charge in [0, 0.05) is 15.7 Å². The molecule has 0 radical (unpaired) electrons. The number of nitrogens with one attached hydrogen (secondary N) is 1. The maximum absolute atomic E-state index is 11.9. The van der Waals surface area contributed by atoms with E-state index in [0.717, 1.165) is 0 Å². The number of aliphatic carboxylic acids is 1. The van der Waals surface area contributed by atoms with E-state index in [0.29, 0.717) is 27.9 Å². The average Bonchev–Trinajstić information content (AvgIpc) is 2.37. The Bertz CT molecular complexity index is 482. The first-order valence-electron chi connectivity index (χ1n) is 5.53. The van der Waals surface area contributed by atoms with Crippen LogP contribution in [0.25, 0.3) is 0 Å². The van der Waals surface area contributed by atoms with Crippen molar-refractivity contribution in [2.24, 2.45) is 0 Å². The standard InChI is InChI=1S/C12H15BrN2O3S/c1-19-5-4-10(12(17)18)15-11(16)7-2-3-8(13)9(14)6-7/h2-3,6,10H,4-5,14H2,1H3,(H,15,16)(H,17,18)/t10-/m0/s1. The van der Waals surface area contributed by atoms with E-state index in [-0.39, 0.29) is 0 Å². The van der Waals surface area contributed by atoms with Gasteiger partial charge in [0.05, 0.1) is 0 Å². The van der Waals surface area contributed by atoms with Crippen molar-refractivity contribution in [3.05, 3.63) is 28.2 Å². The smallest absolute Gasteiger partial charge is 0.326 e. The number of carbonyl (C=O) groups excluding carboxylic acids is 1. The van der Waals surface area contributed by atoms with Gasteiger partial charge in [-0.25, -0.2) is 4.79 Å². The normalized spacial score (nSPS) is 11.9. The van der Waals surface area contributed by atoms with Crippen LogP contribution in [0.2, 0.25) is 0 Å². The fourth-order valence-electron chi connectivity index (χ4n) is 1.42. The molecule has 1 amide bonds. The molecular weight excluding hydrogens is 332 g/mol. The second-order valence-corrected chi connectivity index (χ2v) is 5.72. The number of nitrogens with two attached hydrogens (primary N) is 1. The molecule has 1 aromatic carbocycles. The number of carboxylic acids is 1. The Morgan fingerprint density at radius 3 is 2.74 bits per heavy atom. The Labute approximate surface area is 124 Å². The summed E-state index contributed by atoms with van der Waals surface area (Å²) in [5, 5.41) is 11.5. The second-order valence-electron chi connectivity index (χ2n) is 3.88. The summed E-state index contributed by atoms with van der Waals surface area (Å²) in [7, 11) is 0. The highest BCUT2D eigenvalue weighted by Crippen LogP contribution is 2.20. The van der Waals surface area contributed by atoms with Crippen LogP contribution in [0.4, 0.5) is 5.69 Å². The number of hydrogen-bond donors (Lipinski definition) is 3. The first kappa shape index (κ1) is 15.8. The highest BCUT2D eigenvalue weighted by atomic mass is 79.9. The summed E-state index contributed by atoms with van der Waals surface area (Å²) < 4.78 is 0.696. The van der Waals surface area contributed by atoms with Crippen LogP contribution in [0.5, 0.6) is 0 Å². The third kappa shape index (κ3) is 4.76. The summed E-state index contributed by atoms with van der Waals surface area (Å²) >= 11 is 4.77. The van der Waals surface area contributed by atoms with Crippen molar-refractivity contribution in [3.8, 4) is 0 Å². The minimum atomic E-state index is -1.03. The Morgan fingerprint density at radius 2 is 2.21 bits per heavy atom. The van der Waals surface area contributed by atoms with E-state index >= 15 is 0 Å². The van der Waals surface area contributed by atoms with Crippen molar-refractivity contribution in [1.29, 1.82) is 0 Å². The summed E-state index contributed by atoms with van der Waals surface area (Å²) in [4.78, 5) is 23.0. The van der Waals surface area contributed by atoms with E-state index < -0.39 is 17.9 Å². The molecular formula is C12H15BrN2O3S. The number of hydrogen-bond acceptors (Lipinski definition) is 4. The number of halogens is 1. The van der Waals surface area contributed by atoms with E-state index in [2.05, 4.69) is 21.2 Å². The van der Waals surface area contributed by atoms with Crippen LogP contribution in [-0.2, 0) is 4.79 Å². The number of benzene rings is 1. The van der Waals surface area contributed by atoms with Crippen LogP contribution in [0.15, 0.2) is 22.7 Å². The molecule has 1 aromatic rings. The number of thioether (sulfide) groups is 1. The Kier molecular flexibility index (Phi) is 6.17. The fraction of sp³-hybridized carbons (Fsp3) is 0.333. The van der Waals surface area contributed by atoms with Gasteiger partial charge >= 0.3 is 5.97 Å². The van der Waals surface area contributed by atoms with Crippen molar-refractivity contribution in [2.45, 2.75) is 12.5 Å². The molecule has 7 heteroatoms. The lowest BCUT2D eigenvalue weighted by Gasteiger charge is -2.14. The molecule has 1 atom stereocenters. The third-order valence-electron chi connectivity index (χ3n) is 2.47. The zero-order chi connectivity index (χ0) is 14.4. The van der Waals surface area contributed by atoms with Crippen LogP contribution in [0, 0.1) is 0 Å². The highest BCUT2D eigenvalue weighted by molar-refractivity contribution is 9.10. The second kappa shape index (κ2) is 7.40. The molecule has 0 aromatic heterocycles. The van der Waals surface area contributed by atoms with Crippen molar-refractivity contribution >= 4 is 45.3 Å². The Morgan fingerprint density at radius 1 is 1.53 bits per heavy atom. The molecule has 0 fully saturated rings. The lowest BCUT2D eigenvalue weighted by molar-refractivity contribution is -0.139. The number of amides is 1. The molecule has 0 saturated carbocycles. The average molecular weight is 347 g/mol. The first-order valence-corrected chi connectivity index (χ1v) is 7.72. The molecule has 0 spiro atoms. The lowest BCUT2D eigenvalue weighted by Crippen LogP contribution is -2.41. The van der Waals surface area contributed by atoms with Gasteiger partial charge in [-0.15, -0.1) is 0 Å². The van der Waals surface area contributed by atoms with E-state index in [1.807, 2.05) is 6.26 Å². The van der Waals surface area contributed by atoms with E-state index in [4.69, 9.17) is 10.8 Å². The summed E-state index contributed by atoms with van der Waals surface area (Å²) in [6.07, 6.45) is 2.27. The molecule has 5 nitrogen and oxygen atoms in total. The van der Waals surface area contributed by atoms with Crippen LogP contribution in [-0.4, -0.2) is 35.0 Å². The minimum absolute atomic E-state index is 0.344. The Hall–Kier alpha value is -1.21. The molecule has 0 heterocycles. The van der Waals surface area contributed by atoms with Crippen LogP contribution in [0.3, 0.4) is 0 Å². The number of carbonyl (C=O) groups is 2. The molecule has 0 aliphatic carbocycles. The first-order chi connectivity index (χ1) is 8.95. The van der Waals surface area contributed by atoms with Gasteiger partial charge in [0.15, 0.2) is 0 Å². The van der Waals surface area contributed by atoms with Crippen LogP contribution in [0.1, 0.15) is 16.8 Å². The molecule has 0 saturated heterocycles. The quantitative estimate of drug-likeness (QED) is 0.684. The van der Waals surface area contributed by atoms with Crippen molar-refractivity contribution in [3.63, 3.8) is 0 Å². The maximum Gasteiger partial charge on any atom is 0.326 e. The predicted octanol–water partition coefficient (Wildman–Crippen LogP) is 1.97. The molecule has 1 rings (SSSR count). The zero-order valence-electron chi connectivity index (χ0n) is 10.4. The van der Waals surface area contributed by atoms with Gasteiger partial charge in [-0.05, 0) is 52.6 Å². The number of anilines is 1. The highest BCUT2D eigenvalue weighted by Gasteiger charge is 2.20. The van der Waals surface area contributed by atoms with Crippen molar-refractivity contribution in [2.75, 3.05) is 17.7 Å².